The molecule has 0 bridgehead atoms. The van der Waals surface area contributed by atoms with Gasteiger partial charge in [0.15, 0.2) is 6.10 Å². The van der Waals surface area contributed by atoms with Crippen LogP contribution in [-0.2, 0) is 19.2 Å². The van der Waals surface area contributed by atoms with Gasteiger partial charge in [-0.15, -0.1) is 0 Å². The first-order valence-electron chi connectivity index (χ1n) is 11.8. The van der Waals surface area contributed by atoms with Crippen LogP contribution in [0.2, 0.25) is 0 Å². The van der Waals surface area contributed by atoms with Gasteiger partial charge in [-0.1, -0.05) is 44.2 Å². The van der Waals surface area contributed by atoms with Gasteiger partial charge in [0.2, 0.25) is 11.8 Å². The molecule has 0 aliphatic carbocycles. The molecule has 12 nitrogen and oxygen atoms in total. The van der Waals surface area contributed by atoms with E-state index in [0.717, 1.165) is 0 Å². The van der Waals surface area contributed by atoms with Crippen molar-refractivity contribution in [3.63, 3.8) is 0 Å². The second kappa shape index (κ2) is 15.8. The number of likely N-dealkylation sites (N-methyl/N-ethyl adjacent to an activating group) is 1. The number of carbonyl (C=O) groups is 4. The molecule has 0 fully saturated rings. The van der Waals surface area contributed by atoms with Gasteiger partial charge in [0.25, 0.3) is 5.91 Å². The van der Waals surface area contributed by atoms with E-state index in [1.54, 1.807) is 37.4 Å². The lowest BCUT2D eigenvalue weighted by molar-refractivity contribution is -0.139. The molecule has 202 valence electrons. The summed E-state index contributed by atoms with van der Waals surface area (Å²) in [5.74, 6) is -3.07. The molecule has 1 rings (SSSR count). The lowest BCUT2D eigenvalue weighted by atomic mass is 10.00. The zero-order chi connectivity index (χ0) is 27.3. The quantitative estimate of drug-likeness (QED) is 0.133. The van der Waals surface area contributed by atoms with Crippen molar-refractivity contribution in [3.05, 3.63) is 35.9 Å². The Morgan fingerprint density at radius 2 is 1.56 bits per heavy atom. The molecule has 0 spiro atoms. The second-order valence-electron chi connectivity index (χ2n) is 8.99. The highest BCUT2D eigenvalue weighted by molar-refractivity contribution is 5.88. The summed E-state index contributed by atoms with van der Waals surface area (Å²) in [6.45, 7) is 3.17. The second-order valence-corrected chi connectivity index (χ2v) is 8.99. The van der Waals surface area contributed by atoms with Crippen LogP contribution in [0.3, 0.4) is 0 Å². The van der Waals surface area contributed by atoms with Crippen LogP contribution in [0.25, 0.3) is 0 Å². The summed E-state index contributed by atoms with van der Waals surface area (Å²) in [5, 5.41) is 49.8. The molecule has 0 heterocycles. The Morgan fingerprint density at radius 1 is 0.917 bits per heavy atom. The Labute approximate surface area is 210 Å². The molecule has 8 N–H and O–H groups in total. The minimum Gasteiger partial charge on any atom is -0.481 e. The summed E-state index contributed by atoms with van der Waals surface area (Å²) in [6, 6.07) is 5.47. The van der Waals surface area contributed by atoms with Crippen molar-refractivity contribution in [2.24, 2.45) is 5.92 Å². The molecule has 0 saturated carbocycles. The number of aliphatic hydroxyl groups is 3. The normalized spacial score (nSPS) is 15.3. The largest absolute Gasteiger partial charge is 0.481 e. The fourth-order valence-electron chi connectivity index (χ4n) is 3.55. The molecule has 0 aliphatic heterocycles. The Kier molecular flexibility index (Phi) is 13.6. The lowest BCUT2D eigenvalue weighted by Gasteiger charge is -2.27. The first-order chi connectivity index (χ1) is 17.0. The van der Waals surface area contributed by atoms with Gasteiger partial charge >= 0.3 is 5.97 Å². The van der Waals surface area contributed by atoms with Crippen LogP contribution in [0.1, 0.15) is 44.7 Å². The molecule has 0 radical (unpaired) electrons. The predicted octanol–water partition coefficient (Wildman–Crippen LogP) is -1.34. The SMILES string of the molecule is CNCC(=O)N[C@@H](CC(C)C)C(=O)N[C@@H](CO)C[C@@H](O)[C@H](O)C(=O)N[C@@H](CC(=O)O)c1ccccc1. The number of nitrogens with one attached hydrogen (secondary N) is 4. The van der Waals surface area contributed by atoms with E-state index in [1.165, 1.54) is 0 Å². The van der Waals surface area contributed by atoms with E-state index in [9.17, 15) is 34.5 Å². The topological polar surface area (TPSA) is 197 Å². The maximum atomic E-state index is 12.7. The number of carboxylic acid groups (broad SMARTS) is 1. The molecule has 0 aliphatic rings. The fourth-order valence-corrected chi connectivity index (χ4v) is 3.55. The number of benzene rings is 1. The van der Waals surface area contributed by atoms with Crippen molar-refractivity contribution >= 4 is 23.7 Å². The highest BCUT2D eigenvalue weighted by Crippen LogP contribution is 2.17. The summed E-state index contributed by atoms with van der Waals surface area (Å²) in [5.41, 5.74) is 0.506. The molecule has 36 heavy (non-hydrogen) atoms. The van der Waals surface area contributed by atoms with Gasteiger partial charge in [-0.25, -0.2) is 0 Å². The van der Waals surface area contributed by atoms with E-state index in [-0.39, 0.29) is 24.8 Å². The van der Waals surface area contributed by atoms with Crippen LogP contribution in [0.4, 0.5) is 0 Å². The monoisotopic (exact) mass is 510 g/mol. The van der Waals surface area contributed by atoms with Crippen molar-refractivity contribution in [1.82, 2.24) is 21.3 Å². The molecule has 1 aromatic carbocycles. The smallest absolute Gasteiger partial charge is 0.305 e. The Bertz CT molecular complexity index is 852. The summed E-state index contributed by atoms with van der Waals surface area (Å²) < 4.78 is 0. The van der Waals surface area contributed by atoms with E-state index >= 15 is 0 Å². The molecular weight excluding hydrogens is 472 g/mol. The number of amides is 3. The van der Waals surface area contributed by atoms with Crippen LogP contribution in [0.15, 0.2) is 30.3 Å². The minimum absolute atomic E-state index is 0.0111. The van der Waals surface area contributed by atoms with Gasteiger partial charge in [-0.3, -0.25) is 19.2 Å². The van der Waals surface area contributed by atoms with E-state index < -0.39 is 61.1 Å². The molecule has 3 amide bonds. The van der Waals surface area contributed by atoms with E-state index in [4.69, 9.17) is 5.11 Å². The zero-order valence-corrected chi connectivity index (χ0v) is 20.8. The van der Waals surface area contributed by atoms with E-state index in [1.807, 2.05) is 13.8 Å². The average molecular weight is 511 g/mol. The summed E-state index contributed by atoms with van der Waals surface area (Å²) in [4.78, 5) is 48.4. The third kappa shape index (κ3) is 11.1. The number of carbonyl (C=O) groups excluding carboxylic acids is 3. The number of carboxylic acids is 1. The van der Waals surface area contributed by atoms with Gasteiger partial charge in [-0.05, 0) is 31.4 Å². The molecule has 0 aromatic heterocycles. The van der Waals surface area contributed by atoms with Crippen LogP contribution in [-0.4, -0.2) is 88.6 Å². The van der Waals surface area contributed by atoms with Crippen molar-refractivity contribution in [3.8, 4) is 0 Å². The first-order valence-corrected chi connectivity index (χ1v) is 11.8. The third-order valence-electron chi connectivity index (χ3n) is 5.32. The number of aliphatic carboxylic acids is 1. The Hall–Kier alpha value is -3.06. The number of hydrogen-bond acceptors (Lipinski definition) is 8. The van der Waals surface area contributed by atoms with Crippen LogP contribution < -0.4 is 21.3 Å². The molecule has 5 atom stereocenters. The number of hydrogen-bond donors (Lipinski definition) is 8. The van der Waals surface area contributed by atoms with Gasteiger partial charge in [0.05, 0.1) is 37.8 Å². The molecule has 0 saturated heterocycles. The highest BCUT2D eigenvalue weighted by atomic mass is 16.4. The van der Waals surface area contributed by atoms with Gasteiger partial charge in [0, 0.05) is 0 Å². The summed E-state index contributed by atoms with van der Waals surface area (Å²) >= 11 is 0. The Morgan fingerprint density at radius 3 is 2.08 bits per heavy atom. The molecule has 12 heteroatoms. The van der Waals surface area contributed by atoms with Gasteiger partial charge in [0.1, 0.15) is 6.04 Å². The van der Waals surface area contributed by atoms with Crippen LogP contribution >= 0.6 is 0 Å². The predicted molar refractivity (Wildman–Crippen MR) is 131 cm³/mol. The number of aliphatic hydroxyl groups excluding tert-OH is 3. The van der Waals surface area contributed by atoms with Crippen molar-refractivity contribution < 1.29 is 39.6 Å². The summed E-state index contributed by atoms with van der Waals surface area (Å²) in [6.07, 6.45) is -4.10. The van der Waals surface area contributed by atoms with Crippen LogP contribution in [0, 0.1) is 5.92 Å². The molecular formula is C24H38N4O8. The standard InChI is InChI=1S/C24H38N4O8/c1-14(2)9-18(27-20(31)12-25-3)23(35)26-16(13-29)10-19(30)22(34)24(36)28-17(11-21(32)33)15-7-5-4-6-8-15/h4-8,14,16-19,22,25,29-30,34H,9-13H2,1-3H3,(H,26,35)(H,27,31)(H,28,36)(H,32,33)/t16-,17+,18+,19-,22+/m1/s1. The maximum absolute atomic E-state index is 12.7. The van der Waals surface area contributed by atoms with Crippen molar-refractivity contribution in [2.75, 3.05) is 20.2 Å². The lowest BCUT2D eigenvalue weighted by Crippen LogP contribution is -2.53. The van der Waals surface area contributed by atoms with E-state index in [2.05, 4.69) is 21.3 Å². The van der Waals surface area contributed by atoms with Gasteiger partial charge in [-0.2, -0.15) is 0 Å². The first kappa shape index (κ1) is 31.0. The average Bonchev–Trinajstić information content (AvgIpc) is 2.82. The van der Waals surface area contributed by atoms with E-state index in [0.29, 0.717) is 12.0 Å². The van der Waals surface area contributed by atoms with Gasteiger partial charge < -0.3 is 41.7 Å². The number of rotatable bonds is 16. The van der Waals surface area contributed by atoms with Crippen molar-refractivity contribution in [1.29, 1.82) is 0 Å². The van der Waals surface area contributed by atoms with Crippen LogP contribution in [0.5, 0.6) is 0 Å². The minimum atomic E-state index is -1.95. The zero-order valence-electron chi connectivity index (χ0n) is 20.8. The third-order valence-corrected chi connectivity index (χ3v) is 5.32. The maximum Gasteiger partial charge on any atom is 0.305 e. The Balaban J connectivity index is 2.80. The highest BCUT2D eigenvalue weighted by Gasteiger charge is 2.31. The summed E-state index contributed by atoms with van der Waals surface area (Å²) in [7, 11) is 1.59. The van der Waals surface area contributed by atoms with Crippen molar-refractivity contribution in [2.45, 2.75) is 63.4 Å². The molecule has 0 unspecified atom stereocenters. The fraction of sp³-hybridized carbons (Fsp3) is 0.583. The molecule has 1 aromatic rings.